The van der Waals surface area contributed by atoms with E-state index in [1.807, 2.05) is 12.1 Å². The smallest absolute Gasteiger partial charge is 0.225 e. The van der Waals surface area contributed by atoms with Crippen molar-refractivity contribution in [3.63, 3.8) is 0 Å². The number of amides is 1. The Kier molecular flexibility index (Phi) is 4.39. The van der Waals surface area contributed by atoms with E-state index < -0.39 is 0 Å². The number of hydrogen-bond acceptors (Lipinski definition) is 3. The van der Waals surface area contributed by atoms with Crippen molar-refractivity contribution in [2.45, 2.75) is 39.2 Å². The van der Waals surface area contributed by atoms with Gasteiger partial charge in [0.25, 0.3) is 0 Å². The van der Waals surface area contributed by atoms with Crippen molar-refractivity contribution in [3.8, 4) is 5.75 Å². The molecule has 2 fully saturated rings. The largest absolute Gasteiger partial charge is 0.492 e. The quantitative estimate of drug-likeness (QED) is 0.819. The number of carbonyl (C=O) groups is 1. The first-order chi connectivity index (χ1) is 10.5. The Morgan fingerprint density at radius 1 is 1.23 bits per heavy atom. The van der Waals surface area contributed by atoms with Gasteiger partial charge in [-0.15, -0.1) is 0 Å². The molecule has 0 spiro atoms. The van der Waals surface area contributed by atoms with Gasteiger partial charge in [0.2, 0.25) is 5.91 Å². The Balaban J connectivity index is 1.44. The number of carbonyl (C=O) groups excluding carboxylic acids is 1. The van der Waals surface area contributed by atoms with Gasteiger partial charge in [-0.3, -0.25) is 4.79 Å². The van der Waals surface area contributed by atoms with Gasteiger partial charge in [-0.05, 0) is 68.2 Å². The lowest BCUT2D eigenvalue weighted by atomic mass is 9.84. The van der Waals surface area contributed by atoms with E-state index in [1.54, 1.807) is 0 Å². The SMILES string of the molecule is Cc1cc(C)cc(OCCNC(=O)C2C3CCC(C3)C2N)c1. The number of benzene rings is 1. The topological polar surface area (TPSA) is 64.3 Å². The van der Waals surface area contributed by atoms with E-state index in [1.165, 1.54) is 17.5 Å². The molecule has 2 aliphatic carbocycles. The molecule has 2 bridgehead atoms. The third-order valence-electron chi connectivity index (χ3n) is 5.15. The van der Waals surface area contributed by atoms with Crippen LogP contribution in [-0.2, 0) is 4.79 Å². The number of rotatable bonds is 5. The van der Waals surface area contributed by atoms with Crippen LogP contribution in [0.4, 0.5) is 0 Å². The van der Waals surface area contributed by atoms with Gasteiger partial charge in [0.05, 0.1) is 12.5 Å². The summed E-state index contributed by atoms with van der Waals surface area (Å²) in [4.78, 5) is 12.3. The zero-order valence-corrected chi connectivity index (χ0v) is 13.5. The molecule has 2 saturated carbocycles. The number of nitrogens with one attached hydrogen (secondary N) is 1. The van der Waals surface area contributed by atoms with Crippen molar-refractivity contribution >= 4 is 5.91 Å². The minimum absolute atomic E-state index is 0.0139. The van der Waals surface area contributed by atoms with Crippen molar-refractivity contribution in [2.75, 3.05) is 13.2 Å². The average Bonchev–Trinajstić information content (AvgIpc) is 3.03. The van der Waals surface area contributed by atoms with E-state index in [2.05, 4.69) is 25.2 Å². The van der Waals surface area contributed by atoms with E-state index in [9.17, 15) is 4.79 Å². The second-order valence-electron chi connectivity index (χ2n) is 6.90. The lowest BCUT2D eigenvalue weighted by molar-refractivity contribution is -0.127. The molecule has 4 unspecified atom stereocenters. The van der Waals surface area contributed by atoms with Crippen LogP contribution in [0.25, 0.3) is 0 Å². The standard InChI is InChI=1S/C18H26N2O2/c1-11-7-12(2)9-15(8-11)22-6-5-20-18(21)16-13-3-4-14(10-13)17(16)19/h7-9,13-14,16-17H,3-6,10,19H2,1-2H3,(H,20,21). The van der Waals surface area contributed by atoms with Gasteiger partial charge >= 0.3 is 0 Å². The zero-order valence-electron chi connectivity index (χ0n) is 13.5. The Labute approximate surface area is 132 Å². The summed E-state index contributed by atoms with van der Waals surface area (Å²) in [5.74, 6) is 2.06. The summed E-state index contributed by atoms with van der Waals surface area (Å²) >= 11 is 0. The Morgan fingerprint density at radius 3 is 2.55 bits per heavy atom. The average molecular weight is 302 g/mol. The number of fused-ring (bicyclic) bond motifs is 2. The predicted octanol–water partition coefficient (Wildman–Crippen LogP) is 2.17. The molecule has 4 atom stereocenters. The van der Waals surface area contributed by atoms with Gasteiger partial charge in [0.15, 0.2) is 0 Å². The molecule has 120 valence electrons. The highest BCUT2D eigenvalue weighted by molar-refractivity contribution is 5.80. The molecular weight excluding hydrogens is 276 g/mol. The first kappa shape index (κ1) is 15.3. The normalized spacial score (nSPS) is 29.6. The second kappa shape index (κ2) is 6.29. The molecule has 4 nitrogen and oxygen atoms in total. The summed E-state index contributed by atoms with van der Waals surface area (Å²) in [5.41, 5.74) is 8.58. The van der Waals surface area contributed by atoms with Crippen molar-refractivity contribution in [1.29, 1.82) is 0 Å². The maximum Gasteiger partial charge on any atom is 0.225 e. The summed E-state index contributed by atoms with van der Waals surface area (Å²) in [6.07, 6.45) is 3.50. The van der Waals surface area contributed by atoms with Crippen LogP contribution in [0.5, 0.6) is 5.75 Å². The molecule has 0 aliphatic heterocycles. The third kappa shape index (κ3) is 3.12. The number of ether oxygens (including phenoxy) is 1. The van der Waals surface area contributed by atoms with Gasteiger partial charge in [0.1, 0.15) is 12.4 Å². The number of aryl methyl sites for hydroxylation is 2. The molecular formula is C18H26N2O2. The molecule has 0 aromatic heterocycles. The molecule has 0 saturated heterocycles. The summed E-state index contributed by atoms with van der Waals surface area (Å²) in [6, 6.07) is 6.20. The highest BCUT2D eigenvalue weighted by Crippen LogP contribution is 2.47. The van der Waals surface area contributed by atoms with E-state index in [0.717, 1.165) is 18.6 Å². The third-order valence-corrected chi connectivity index (χ3v) is 5.15. The molecule has 3 rings (SSSR count). The summed E-state index contributed by atoms with van der Waals surface area (Å²) in [5, 5.41) is 3.00. The van der Waals surface area contributed by atoms with Gasteiger partial charge < -0.3 is 15.8 Å². The molecule has 1 amide bonds. The van der Waals surface area contributed by atoms with Crippen molar-refractivity contribution in [1.82, 2.24) is 5.32 Å². The summed E-state index contributed by atoms with van der Waals surface area (Å²) in [6.45, 7) is 5.13. The predicted molar refractivity (Wildman–Crippen MR) is 86.7 cm³/mol. The Hall–Kier alpha value is -1.55. The van der Waals surface area contributed by atoms with Gasteiger partial charge in [-0.25, -0.2) is 0 Å². The van der Waals surface area contributed by atoms with Crippen LogP contribution in [0.15, 0.2) is 18.2 Å². The van der Waals surface area contributed by atoms with E-state index in [-0.39, 0.29) is 17.9 Å². The maximum atomic E-state index is 12.3. The van der Waals surface area contributed by atoms with Gasteiger partial charge in [0, 0.05) is 6.04 Å². The molecule has 0 heterocycles. The van der Waals surface area contributed by atoms with Gasteiger partial charge in [-0.2, -0.15) is 0 Å². The molecule has 4 heteroatoms. The lowest BCUT2D eigenvalue weighted by Gasteiger charge is -2.27. The lowest BCUT2D eigenvalue weighted by Crippen LogP contribution is -2.46. The highest BCUT2D eigenvalue weighted by Gasteiger charge is 2.48. The maximum absolute atomic E-state index is 12.3. The van der Waals surface area contributed by atoms with Crippen LogP contribution in [0.1, 0.15) is 30.4 Å². The first-order valence-electron chi connectivity index (χ1n) is 8.29. The highest BCUT2D eigenvalue weighted by atomic mass is 16.5. The Morgan fingerprint density at radius 2 is 1.91 bits per heavy atom. The van der Waals surface area contributed by atoms with Gasteiger partial charge in [-0.1, -0.05) is 6.07 Å². The minimum Gasteiger partial charge on any atom is -0.492 e. The molecule has 22 heavy (non-hydrogen) atoms. The van der Waals surface area contributed by atoms with E-state index in [0.29, 0.717) is 25.0 Å². The van der Waals surface area contributed by atoms with Crippen LogP contribution >= 0.6 is 0 Å². The number of hydrogen-bond donors (Lipinski definition) is 2. The van der Waals surface area contributed by atoms with Crippen LogP contribution in [0.3, 0.4) is 0 Å². The molecule has 2 aliphatic rings. The monoisotopic (exact) mass is 302 g/mol. The molecule has 1 aromatic rings. The Bertz CT molecular complexity index is 536. The fourth-order valence-electron chi connectivity index (χ4n) is 4.20. The van der Waals surface area contributed by atoms with Crippen molar-refractivity contribution in [2.24, 2.45) is 23.5 Å². The van der Waals surface area contributed by atoms with Crippen LogP contribution < -0.4 is 15.8 Å². The molecule has 1 aromatic carbocycles. The second-order valence-corrected chi connectivity index (χ2v) is 6.90. The van der Waals surface area contributed by atoms with Crippen molar-refractivity contribution in [3.05, 3.63) is 29.3 Å². The summed E-state index contributed by atoms with van der Waals surface area (Å²) < 4.78 is 5.72. The fourth-order valence-corrected chi connectivity index (χ4v) is 4.20. The fraction of sp³-hybridized carbons (Fsp3) is 0.611. The summed E-state index contributed by atoms with van der Waals surface area (Å²) in [7, 11) is 0. The van der Waals surface area contributed by atoms with Crippen molar-refractivity contribution < 1.29 is 9.53 Å². The molecule has 3 N–H and O–H groups in total. The van der Waals surface area contributed by atoms with Crippen LogP contribution in [0.2, 0.25) is 0 Å². The van der Waals surface area contributed by atoms with Crippen LogP contribution in [-0.4, -0.2) is 25.1 Å². The molecule has 0 radical (unpaired) electrons. The van der Waals surface area contributed by atoms with Crippen LogP contribution in [0, 0.1) is 31.6 Å². The number of nitrogens with two attached hydrogens (primary N) is 1. The minimum atomic E-state index is 0.0139. The zero-order chi connectivity index (χ0) is 15.7. The van der Waals surface area contributed by atoms with E-state index in [4.69, 9.17) is 10.5 Å². The first-order valence-corrected chi connectivity index (χ1v) is 8.29. The van der Waals surface area contributed by atoms with E-state index >= 15 is 0 Å².